The number of nitrogens with zero attached hydrogens (tertiary/aromatic N) is 2. The number of anilines is 1. The lowest BCUT2D eigenvalue weighted by atomic mass is 10.4. The zero-order valence-corrected chi connectivity index (χ0v) is 6.29. The van der Waals surface area contributed by atoms with Crippen LogP contribution in [0.2, 0.25) is 0 Å². The van der Waals surface area contributed by atoms with Crippen molar-refractivity contribution in [3.05, 3.63) is 12.7 Å². The van der Waals surface area contributed by atoms with Crippen LogP contribution >= 0.6 is 0 Å². The fourth-order valence-electron chi connectivity index (χ4n) is 0.804. The molecule has 0 spiro atoms. The third-order valence-corrected chi connectivity index (χ3v) is 1.33. The average Bonchev–Trinajstić information content (AvgIpc) is 2.38. The van der Waals surface area contributed by atoms with Gasteiger partial charge in [0.2, 0.25) is 0 Å². The minimum Gasteiger partial charge on any atom is -0.439 e. The van der Waals surface area contributed by atoms with E-state index in [2.05, 4.69) is 18.3 Å². The zero-order valence-electron chi connectivity index (χ0n) is 6.29. The Hall–Kier alpha value is -0.990. The van der Waals surface area contributed by atoms with Crippen LogP contribution in [0, 0.1) is 6.39 Å². The monoisotopic (exact) mass is 139 g/mol. The van der Waals surface area contributed by atoms with Crippen LogP contribution in [0.5, 0.6) is 0 Å². The van der Waals surface area contributed by atoms with Crippen molar-refractivity contribution in [2.24, 2.45) is 0 Å². The summed E-state index contributed by atoms with van der Waals surface area (Å²) in [6.45, 7) is 3.13. The van der Waals surface area contributed by atoms with Crippen LogP contribution in [0.1, 0.15) is 13.3 Å². The molecule has 0 atom stereocenters. The SMILES string of the molecule is CCCN(C)c1co[c]n1. The first kappa shape index (κ1) is 7.12. The Morgan fingerprint density at radius 2 is 2.60 bits per heavy atom. The number of rotatable bonds is 3. The van der Waals surface area contributed by atoms with Gasteiger partial charge in [-0.3, -0.25) is 0 Å². The van der Waals surface area contributed by atoms with E-state index in [9.17, 15) is 0 Å². The minimum absolute atomic E-state index is 0.849. The minimum atomic E-state index is 0.849. The maximum absolute atomic E-state index is 4.70. The molecule has 0 fully saturated rings. The van der Waals surface area contributed by atoms with Crippen LogP contribution in [-0.2, 0) is 0 Å². The fourth-order valence-corrected chi connectivity index (χ4v) is 0.804. The van der Waals surface area contributed by atoms with Crippen molar-refractivity contribution < 1.29 is 4.42 Å². The summed E-state index contributed by atoms with van der Waals surface area (Å²) in [6, 6.07) is 0. The standard InChI is InChI=1S/C7H11N2O/c1-3-4-9(2)7-5-10-6-8-7/h5H,3-4H2,1-2H3. The highest BCUT2D eigenvalue weighted by Gasteiger charge is 2.00. The topological polar surface area (TPSA) is 29.3 Å². The Labute approximate surface area is 60.7 Å². The third-order valence-electron chi connectivity index (χ3n) is 1.33. The summed E-state index contributed by atoms with van der Waals surface area (Å²) >= 11 is 0. The van der Waals surface area contributed by atoms with Crippen molar-refractivity contribution in [2.45, 2.75) is 13.3 Å². The molecular formula is C7H11N2O. The fraction of sp³-hybridized carbons (Fsp3) is 0.571. The molecule has 3 heteroatoms. The number of aromatic nitrogens is 1. The molecule has 0 saturated heterocycles. The van der Waals surface area contributed by atoms with E-state index in [1.807, 2.05) is 11.9 Å². The Kier molecular flexibility index (Phi) is 2.31. The highest BCUT2D eigenvalue weighted by molar-refractivity contribution is 5.31. The molecule has 0 N–H and O–H groups in total. The van der Waals surface area contributed by atoms with Gasteiger partial charge in [-0.15, -0.1) is 0 Å². The first-order chi connectivity index (χ1) is 4.84. The van der Waals surface area contributed by atoms with Gasteiger partial charge in [0.25, 0.3) is 6.39 Å². The molecular weight excluding hydrogens is 128 g/mol. The second-order valence-electron chi connectivity index (χ2n) is 2.22. The lowest BCUT2D eigenvalue weighted by molar-refractivity contribution is 0.547. The Balaban J connectivity index is 2.50. The molecule has 3 nitrogen and oxygen atoms in total. The predicted molar refractivity (Wildman–Crippen MR) is 38.9 cm³/mol. The summed E-state index contributed by atoms with van der Waals surface area (Å²) in [5.74, 6) is 0.849. The number of oxazole rings is 1. The molecule has 0 saturated carbocycles. The van der Waals surface area contributed by atoms with Gasteiger partial charge >= 0.3 is 0 Å². The Morgan fingerprint density at radius 1 is 1.80 bits per heavy atom. The van der Waals surface area contributed by atoms with Gasteiger partial charge in [0.1, 0.15) is 6.26 Å². The molecule has 0 aliphatic carbocycles. The summed E-state index contributed by atoms with van der Waals surface area (Å²) in [7, 11) is 1.98. The number of hydrogen-bond acceptors (Lipinski definition) is 3. The van der Waals surface area contributed by atoms with Crippen LogP contribution in [-0.4, -0.2) is 18.6 Å². The van der Waals surface area contributed by atoms with Gasteiger partial charge in [-0.1, -0.05) is 6.92 Å². The Bertz CT molecular complexity index is 172. The largest absolute Gasteiger partial charge is 0.439 e. The van der Waals surface area contributed by atoms with Crippen molar-refractivity contribution in [1.82, 2.24) is 4.98 Å². The van der Waals surface area contributed by atoms with Crippen LogP contribution in [0.4, 0.5) is 5.82 Å². The molecule has 10 heavy (non-hydrogen) atoms. The van der Waals surface area contributed by atoms with Crippen LogP contribution in [0.25, 0.3) is 0 Å². The van der Waals surface area contributed by atoms with E-state index in [4.69, 9.17) is 4.42 Å². The van der Waals surface area contributed by atoms with Gasteiger partial charge < -0.3 is 9.32 Å². The first-order valence-electron chi connectivity index (χ1n) is 3.37. The van der Waals surface area contributed by atoms with E-state index in [1.165, 1.54) is 0 Å². The quantitative estimate of drug-likeness (QED) is 0.632. The van der Waals surface area contributed by atoms with Crippen molar-refractivity contribution >= 4 is 5.82 Å². The maximum atomic E-state index is 4.70. The first-order valence-corrected chi connectivity index (χ1v) is 3.37. The molecule has 0 aliphatic rings. The zero-order chi connectivity index (χ0) is 7.40. The van der Waals surface area contributed by atoms with Crippen molar-refractivity contribution in [1.29, 1.82) is 0 Å². The molecule has 1 aromatic rings. The molecule has 1 aromatic heterocycles. The second kappa shape index (κ2) is 3.25. The molecule has 1 radical (unpaired) electrons. The molecule has 0 unspecified atom stereocenters. The van der Waals surface area contributed by atoms with Gasteiger partial charge in [0.15, 0.2) is 5.82 Å². The lowest BCUT2D eigenvalue weighted by Crippen LogP contribution is -2.17. The van der Waals surface area contributed by atoms with E-state index < -0.39 is 0 Å². The summed E-state index contributed by atoms with van der Waals surface area (Å²) < 4.78 is 4.70. The van der Waals surface area contributed by atoms with Gasteiger partial charge in [0.05, 0.1) is 0 Å². The van der Waals surface area contributed by atoms with Crippen molar-refractivity contribution in [3.63, 3.8) is 0 Å². The highest BCUT2D eigenvalue weighted by atomic mass is 16.3. The van der Waals surface area contributed by atoms with Crippen LogP contribution in [0.3, 0.4) is 0 Å². The lowest BCUT2D eigenvalue weighted by Gasteiger charge is -2.12. The molecule has 1 rings (SSSR count). The molecule has 1 heterocycles. The average molecular weight is 139 g/mol. The van der Waals surface area contributed by atoms with E-state index in [0.717, 1.165) is 18.8 Å². The van der Waals surface area contributed by atoms with Crippen LogP contribution in [0.15, 0.2) is 10.7 Å². The molecule has 0 bridgehead atoms. The van der Waals surface area contributed by atoms with E-state index >= 15 is 0 Å². The van der Waals surface area contributed by atoms with Gasteiger partial charge in [0, 0.05) is 13.6 Å². The second-order valence-corrected chi connectivity index (χ2v) is 2.22. The Morgan fingerprint density at radius 3 is 3.10 bits per heavy atom. The predicted octanol–water partition coefficient (Wildman–Crippen LogP) is 1.32. The van der Waals surface area contributed by atoms with Crippen molar-refractivity contribution in [2.75, 3.05) is 18.5 Å². The van der Waals surface area contributed by atoms with Gasteiger partial charge in [-0.25, -0.2) is 0 Å². The molecule has 0 aromatic carbocycles. The highest BCUT2D eigenvalue weighted by Crippen LogP contribution is 2.06. The van der Waals surface area contributed by atoms with E-state index in [0.29, 0.717) is 0 Å². The maximum Gasteiger partial charge on any atom is 0.285 e. The summed E-state index contributed by atoms with van der Waals surface area (Å²) in [4.78, 5) is 5.90. The third kappa shape index (κ3) is 1.50. The normalized spacial score (nSPS) is 9.80. The summed E-state index contributed by atoms with van der Waals surface area (Å²) in [5.41, 5.74) is 0. The number of hydrogen-bond donors (Lipinski definition) is 0. The molecule has 0 aliphatic heterocycles. The molecule has 55 valence electrons. The smallest absolute Gasteiger partial charge is 0.285 e. The van der Waals surface area contributed by atoms with Gasteiger partial charge in [-0.2, -0.15) is 4.98 Å². The van der Waals surface area contributed by atoms with Gasteiger partial charge in [-0.05, 0) is 6.42 Å². The van der Waals surface area contributed by atoms with E-state index in [1.54, 1.807) is 6.26 Å². The summed E-state index contributed by atoms with van der Waals surface area (Å²) in [5, 5.41) is 0. The summed E-state index contributed by atoms with van der Waals surface area (Å²) in [6.07, 6.45) is 5.11. The molecule has 0 amide bonds. The van der Waals surface area contributed by atoms with Crippen molar-refractivity contribution in [3.8, 4) is 0 Å². The van der Waals surface area contributed by atoms with E-state index in [-0.39, 0.29) is 0 Å². The van der Waals surface area contributed by atoms with Crippen LogP contribution < -0.4 is 4.90 Å².